The number of fused-ring (bicyclic) bond motifs is 1. The van der Waals surface area contributed by atoms with Crippen molar-refractivity contribution in [1.29, 1.82) is 0 Å². The number of benzene rings is 1. The van der Waals surface area contributed by atoms with Gasteiger partial charge in [-0.25, -0.2) is 4.98 Å². The summed E-state index contributed by atoms with van der Waals surface area (Å²) in [4.78, 5) is 47.5. The van der Waals surface area contributed by atoms with Gasteiger partial charge >= 0.3 is 0 Å². The quantitative estimate of drug-likeness (QED) is 0.320. The second-order valence-corrected chi connectivity index (χ2v) is 11.7. The van der Waals surface area contributed by atoms with Gasteiger partial charge in [0.05, 0.1) is 15.2 Å². The monoisotopic (exact) mass is 549 g/mol. The van der Waals surface area contributed by atoms with Crippen molar-refractivity contribution >= 4 is 39.3 Å². The first-order chi connectivity index (χ1) is 18.8. The topological polar surface area (TPSA) is 113 Å². The van der Waals surface area contributed by atoms with Crippen LogP contribution in [0.15, 0.2) is 42.7 Å². The molecule has 3 amide bonds. The lowest BCUT2D eigenvalue weighted by Gasteiger charge is -2.32. The second kappa shape index (κ2) is 13.6. The first-order valence-corrected chi connectivity index (χ1v) is 14.8. The summed E-state index contributed by atoms with van der Waals surface area (Å²) in [6, 6.07) is 8.64. The highest BCUT2D eigenvalue weighted by Crippen LogP contribution is 2.28. The highest BCUT2D eigenvalue weighted by Gasteiger charge is 2.30. The Morgan fingerprint density at radius 2 is 1.77 bits per heavy atom. The van der Waals surface area contributed by atoms with E-state index in [-0.39, 0.29) is 36.1 Å². The Hall–Kier alpha value is -3.33. The van der Waals surface area contributed by atoms with E-state index in [0.717, 1.165) is 40.9 Å². The Morgan fingerprint density at radius 3 is 2.46 bits per heavy atom. The Balaban J connectivity index is 1.50. The molecule has 39 heavy (non-hydrogen) atoms. The summed E-state index contributed by atoms with van der Waals surface area (Å²) in [6.07, 6.45) is 9.17. The van der Waals surface area contributed by atoms with E-state index < -0.39 is 6.04 Å². The zero-order valence-corrected chi connectivity index (χ0v) is 23.9. The molecule has 1 aromatic carbocycles. The molecule has 2 heterocycles. The van der Waals surface area contributed by atoms with Gasteiger partial charge in [-0.1, -0.05) is 46.1 Å². The summed E-state index contributed by atoms with van der Waals surface area (Å²) in [5.41, 5.74) is 2.68. The molecule has 0 radical (unpaired) electrons. The van der Waals surface area contributed by atoms with Crippen LogP contribution in [0.25, 0.3) is 10.2 Å². The molecule has 1 saturated carbocycles. The molecule has 0 bridgehead atoms. The first-order valence-electron chi connectivity index (χ1n) is 14.0. The fourth-order valence-corrected chi connectivity index (χ4v) is 6.14. The normalized spacial score (nSPS) is 15.6. The molecule has 1 aliphatic carbocycles. The molecule has 3 N–H and O–H groups in total. The van der Waals surface area contributed by atoms with E-state index in [2.05, 4.69) is 46.9 Å². The van der Waals surface area contributed by atoms with Crippen molar-refractivity contribution in [3.8, 4) is 0 Å². The van der Waals surface area contributed by atoms with Crippen molar-refractivity contribution in [2.45, 2.75) is 83.7 Å². The molecule has 1 fully saturated rings. The molecule has 0 saturated heterocycles. The number of rotatable bonds is 11. The predicted octanol–water partition coefficient (Wildman–Crippen LogP) is 4.75. The largest absolute Gasteiger partial charge is 0.350 e. The fourth-order valence-electron chi connectivity index (χ4n) is 5.08. The highest BCUT2D eigenvalue weighted by molar-refractivity contribution is 7.18. The maximum atomic E-state index is 13.7. The summed E-state index contributed by atoms with van der Waals surface area (Å²) in [5, 5.41) is 9.91. The minimum atomic E-state index is -0.746. The Kier molecular flexibility index (Phi) is 10.0. The number of amides is 3. The molecule has 208 valence electrons. The second-order valence-electron chi connectivity index (χ2n) is 10.6. The van der Waals surface area contributed by atoms with Crippen molar-refractivity contribution < 1.29 is 14.4 Å². The van der Waals surface area contributed by atoms with E-state index in [1.807, 2.05) is 6.07 Å². The van der Waals surface area contributed by atoms with Crippen molar-refractivity contribution in [3.63, 3.8) is 0 Å². The van der Waals surface area contributed by atoms with E-state index in [4.69, 9.17) is 4.98 Å². The zero-order valence-electron chi connectivity index (χ0n) is 23.0. The third-order valence-corrected chi connectivity index (χ3v) is 8.49. The van der Waals surface area contributed by atoms with Crippen LogP contribution in [0.1, 0.15) is 86.1 Å². The number of nitrogens with one attached hydrogen (secondary N) is 3. The van der Waals surface area contributed by atoms with E-state index in [1.165, 1.54) is 12.0 Å². The minimum Gasteiger partial charge on any atom is -0.350 e. The maximum Gasteiger partial charge on any atom is 0.251 e. The Bertz CT molecular complexity index is 1270. The molecule has 4 rings (SSSR count). The third-order valence-electron chi connectivity index (χ3n) is 7.45. The number of nitrogens with zero attached hydrogens (tertiary/aromatic N) is 2. The van der Waals surface area contributed by atoms with E-state index in [0.29, 0.717) is 24.4 Å². The molecule has 0 unspecified atom stereocenters. The lowest BCUT2D eigenvalue weighted by Crippen LogP contribution is -2.55. The smallest absolute Gasteiger partial charge is 0.251 e. The van der Waals surface area contributed by atoms with Gasteiger partial charge in [0.15, 0.2) is 0 Å². The number of aromatic nitrogens is 2. The summed E-state index contributed by atoms with van der Waals surface area (Å²) >= 11 is 1.56. The number of hydrogen-bond acceptors (Lipinski definition) is 6. The van der Waals surface area contributed by atoms with Crippen molar-refractivity contribution in [2.75, 3.05) is 6.54 Å². The summed E-state index contributed by atoms with van der Waals surface area (Å²) in [5.74, 6) is 0.0581. The van der Waals surface area contributed by atoms with Gasteiger partial charge in [-0.15, -0.1) is 11.3 Å². The highest BCUT2D eigenvalue weighted by atomic mass is 32.1. The number of thiazole rings is 1. The molecular weight excluding hydrogens is 510 g/mol. The predicted molar refractivity (Wildman–Crippen MR) is 155 cm³/mol. The molecule has 0 aliphatic heterocycles. The Morgan fingerprint density at radius 1 is 1.03 bits per heavy atom. The molecule has 9 heteroatoms. The van der Waals surface area contributed by atoms with E-state index in [1.54, 1.807) is 42.8 Å². The first kappa shape index (κ1) is 28.7. The zero-order chi connectivity index (χ0) is 27.8. The van der Waals surface area contributed by atoms with Crippen LogP contribution in [-0.4, -0.2) is 46.3 Å². The van der Waals surface area contributed by atoms with Crippen LogP contribution in [0.3, 0.4) is 0 Å². The average molecular weight is 550 g/mol. The number of pyridine rings is 1. The van der Waals surface area contributed by atoms with Crippen LogP contribution in [0.5, 0.6) is 0 Å². The van der Waals surface area contributed by atoms with Crippen molar-refractivity contribution in [1.82, 2.24) is 25.9 Å². The standard InChI is InChI=1S/C30H39N5O3S/c1-4-27(36)33-24(17-28-34-23-11-10-22(19(2)3)16-26(23)39-28)30(38)35-25(20-8-6-5-7-9-20)18-32-29(37)21-12-14-31-15-13-21/h10-16,19-20,24-25H,4-9,17-18H2,1-3H3,(H,32,37)(H,33,36)(H,35,38)/t24-,25+/m0/s1. The van der Waals surface area contributed by atoms with E-state index in [9.17, 15) is 14.4 Å². The molecule has 1 aliphatic rings. The SMILES string of the molecule is CCC(=O)N[C@@H](Cc1nc2ccc(C(C)C)cc2s1)C(=O)N[C@H](CNC(=O)c1ccncc1)C1CCCCC1. The van der Waals surface area contributed by atoms with Crippen molar-refractivity contribution in [3.05, 3.63) is 58.9 Å². The number of hydrogen-bond donors (Lipinski definition) is 3. The van der Waals surface area contributed by atoms with Gasteiger partial charge in [-0.3, -0.25) is 19.4 Å². The fraction of sp³-hybridized carbons (Fsp3) is 0.500. The van der Waals surface area contributed by atoms with Gasteiger partial charge in [0, 0.05) is 43.4 Å². The van der Waals surface area contributed by atoms with Crippen LogP contribution in [-0.2, 0) is 16.0 Å². The van der Waals surface area contributed by atoms with Gasteiger partial charge in [0.2, 0.25) is 11.8 Å². The minimum absolute atomic E-state index is 0.182. The van der Waals surface area contributed by atoms with Gasteiger partial charge < -0.3 is 16.0 Å². The molecule has 3 aromatic rings. The van der Waals surface area contributed by atoms with Gasteiger partial charge in [-0.05, 0) is 54.5 Å². The van der Waals surface area contributed by atoms with E-state index >= 15 is 0 Å². The van der Waals surface area contributed by atoms with Crippen LogP contribution in [0.2, 0.25) is 0 Å². The van der Waals surface area contributed by atoms with Gasteiger partial charge in [-0.2, -0.15) is 0 Å². The molecular formula is C30H39N5O3S. The van der Waals surface area contributed by atoms with Gasteiger partial charge in [0.1, 0.15) is 6.04 Å². The summed E-state index contributed by atoms with van der Waals surface area (Å²) < 4.78 is 1.08. The Labute approximate surface area is 234 Å². The van der Waals surface area contributed by atoms with Crippen molar-refractivity contribution in [2.24, 2.45) is 5.92 Å². The van der Waals surface area contributed by atoms with Crippen LogP contribution in [0.4, 0.5) is 0 Å². The molecule has 2 aromatic heterocycles. The van der Waals surface area contributed by atoms with Crippen LogP contribution < -0.4 is 16.0 Å². The molecule has 8 nitrogen and oxygen atoms in total. The molecule has 2 atom stereocenters. The van der Waals surface area contributed by atoms with Gasteiger partial charge in [0.25, 0.3) is 5.91 Å². The maximum absolute atomic E-state index is 13.7. The average Bonchev–Trinajstić information content (AvgIpc) is 3.37. The summed E-state index contributed by atoms with van der Waals surface area (Å²) in [6.45, 7) is 6.41. The number of carbonyl (C=O) groups excluding carboxylic acids is 3. The molecule has 0 spiro atoms. The summed E-state index contributed by atoms with van der Waals surface area (Å²) in [7, 11) is 0. The van der Waals surface area contributed by atoms with Crippen LogP contribution in [0, 0.1) is 5.92 Å². The lowest BCUT2D eigenvalue weighted by atomic mass is 9.83. The lowest BCUT2D eigenvalue weighted by molar-refractivity contribution is -0.129. The third kappa shape index (κ3) is 7.85. The van der Waals surface area contributed by atoms with Crippen LogP contribution >= 0.6 is 11.3 Å². The number of carbonyl (C=O) groups is 3.